The first-order chi connectivity index (χ1) is 7.81. The highest BCUT2D eigenvalue weighted by Gasteiger charge is 2.22. The molecule has 0 aromatic carbocycles. The molecule has 2 heterocycles. The Kier molecular flexibility index (Phi) is 4.09. The van der Waals surface area contributed by atoms with Crippen LogP contribution in [0.15, 0.2) is 12.4 Å². The van der Waals surface area contributed by atoms with Crippen molar-refractivity contribution in [2.24, 2.45) is 0 Å². The maximum atomic E-state index is 9.30. The molecule has 1 aromatic rings. The van der Waals surface area contributed by atoms with Crippen LogP contribution in [0.2, 0.25) is 5.15 Å². The monoisotopic (exact) mass is 241 g/mol. The zero-order chi connectivity index (χ0) is 11.4. The van der Waals surface area contributed by atoms with Gasteiger partial charge in [-0.2, -0.15) is 0 Å². The first-order valence-electron chi connectivity index (χ1n) is 5.61. The number of piperidine rings is 1. The Morgan fingerprint density at radius 2 is 2.19 bits per heavy atom. The fraction of sp³-hybridized carbons (Fsp3) is 0.636. The molecule has 5 heteroatoms. The third-order valence-corrected chi connectivity index (χ3v) is 3.35. The quantitative estimate of drug-likeness (QED) is 0.871. The van der Waals surface area contributed by atoms with Gasteiger partial charge in [0.15, 0.2) is 5.15 Å². The third-order valence-electron chi connectivity index (χ3n) is 3.04. The first kappa shape index (κ1) is 11.8. The normalized spacial score (nSPS) is 22.2. The van der Waals surface area contributed by atoms with Crippen molar-refractivity contribution in [3.05, 3.63) is 23.2 Å². The summed E-state index contributed by atoms with van der Waals surface area (Å²) in [4.78, 5) is 10.5. The molecule has 1 saturated heterocycles. The molecule has 0 bridgehead atoms. The minimum Gasteiger partial charge on any atom is -0.395 e. The lowest BCUT2D eigenvalue weighted by atomic mass is 10.0. The summed E-state index contributed by atoms with van der Waals surface area (Å²) in [5.41, 5.74) is 0.796. The van der Waals surface area contributed by atoms with E-state index in [9.17, 15) is 5.11 Å². The summed E-state index contributed by atoms with van der Waals surface area (Å²) in [6, 6.07) is 0.242. The highest BCUT2D eigenvalue weighted by molar-refractivity contribution is 6.29. The van der Waals surface area contributed by atoms with Crippen molar-refractivity contribution in [1.29, 1.82) is 0 Å². The number of aliphatic hydroxyl groups excluding tert-OH is 1. The molecule has 1 aromatic heterocycles. The van der Waals surface area contributed by atoms with Crippen molar-refractivity contribution in [2.45, 2.75) is 31.8 Å². The number of nitrogens with zero attached hydrogens (tertiary/aromatic N) is 3. The van der Waals surface area contributed by atoms with Crippen molar-refractivity contribution in [1.82, 2.24) is 14.9 Å². The zero-order valence-electron chi connectivity index (χ0n) is 9.14. The van der Waals surface area contributed by atoms with E-state index < -0.39 is 0 Å². The number of hydrogen-bond acceptors (Lipinski definition) is 4. The van der Waals surface area contributed by atoms with Gasteiger partial charge in [0.25, 0.3) is 0 Å². The molecule has 1 aliphatic heterocycles. The summed E-state index contributed by atoms with van der Waals surface area (Å²) < 4.78 is 0. The number of aliphatic hydroxyl groups is 1. The summed E-state index contributed by atoms with van der Waals surface area (Å²) in [5, 5.41) is 9.76. The van der Waals surface area contributed by atoms with Crippen molar-refractivity contribution in [3.8, 4) is 0 Å². The van der Waals surface area contributed by atoms with Crippen LogP contribution in [-0.2, 0) is 6.54 Å². The van der Waals surface area contributed by atoms with Gasteiger partial charge in [-0.15, -0.1) is 0 Å². The number of hydrogen-bond donors (Lipinski definition) is 1. The smallest absolute Gasteiger partial charge is 0.151 e. The molecule has 1 N–H and O–H groups in total. The maximum Gasteiger partial charge on any atom is 0.151 e. The van der Waals surface area contributed by atoms with Crippen molar-refractivity contribution in [3.63, 3.8) is 0 Å². The van der Waals surface area contributed by atoms with Gasteiger partial charge in [-0.25, -0.2) is 4.98 Å². The van der Waals surface area contributed by atoms with E-state index in [1.54, 1.807) is 12.4 Å². The standard InChI is InChI=1S/C11H16ClN3O/c12-11-10(13-4-5-14-11)7-15-6-2-1-3-9(15)8-16/h4-5,9,16H,1-3,6-8H2. The van der Waals surface area contributed by atoms with E-state index in [0.29, 0.717) is 11.7 Å². The van der Waals surface area contributed by atoms with Crippen LogP contribution in [0, 0.1) is 0 Å². The molecular weight excluding hydrogens is 226 g/mol. The molecule has 88 valence electrons. The van der Waals surface area contributed by atoms with Crippen molar-refractivity contribution < 1.29 is 5.11 Å². The summed E-state index contributed by atoms with van der Waals surface area (Å²) >= 11 is 5.97. The molecule has 1 atom stereocenters. The minimum atomic E-state index is 0.206. The molecular formula is C11H16ClN3O. The number of rotatable bonds is 3. The van der Waals surface area contributed by atoms with Gasteiger partial charge in [0, 0.05) is 25.0 Å². The second kappa shape index (κ2) is 5.57. The Hall–Kier alpha value is -0.710. The van der Waals surface area contributed by atoms with Crippen LogP contribution in [0.3, 0.4) is 0 Å². The predicted octanol–water partition coefficient (Wildman–Crippen LogP) is 1.48. The third kappa shape index (κ3) is 2.70. The molecule has 0 amide bonds. The summed E-state index contributed by atoms with van der Waals surface area (Å²) in [7, 11) is 0. The van der Waals surface area contributed by atoms with Crippen LogP contribution in [0.25, 0.3) is 0 Å². The van der Waals surface area contributed by atoms with E-state index in [4.69, 9.17) is 11.6 Å². The SMILES string of the molecule is OCC1CCCCN1Cc1nccnc1Cl. The molecule has 2 rings (SSSR count). The van der Waals surface area contributed by atoms with E-state index >= 15 is 0 Å². The molecule has 1 aliphatic rings. The van der Waals surface area contributed by atoms with E-state index in [0.717, 1.165) is 18.7 Å². The minimum absolute atomic E-state index is 0.206. The van der Waals surface area contributed by atoms with E-state index in [2.05, 4.69) is 14.9 Å². The molecule has 1 unspecified atom stereocenters. The summed E-state index contributed by atoms with van der Waals surface area (Å²) in [6.45, 7) is 1.88. The van der Waals surface area contributed by atoms with Gasteiger partial charge in [0.1, 0.15) is 0 Å². The second-order valence-corrected chi connectivity index (χ2v) is 4.45. The summed E-state index contributed by atoms with van der Waals surface area (Å²) in [5.74, 6) is 0. The Morgan fingerprint density at radius 1 is 1.38 bits per heavy atom. The Morgan fingerprint density at radius 3 is 2.94 bits per heavy atom. The van der Waals surface area contributed by atoms with Gasteiger partial charge in [-0.3, -0.25) is 9.88 Å². The number of likely N-dealkylation sites (tertiary alicyclic amines) is 1. The van der Waals surface area contributed by atoms with Crippen molar-refractivity contribution >= 4 is 11.6 Å². The van der Waals surface area contributed by atoms with Crippen molar-refractivity contribution in [2.75, 3.05) is 13.2 Å². The molecule has 0 spiro atoms. The lowest BCUT2D eigenvalue weighted by Crippen LogP contribution is -2.41. The first-order valence-corrected chi connectivity index (χ1v) is 5.99. The highest BCUT2D eigenvalue weighted by atomic mass is 35.5. The Balaban J connectivity index is 2.05. The largest absolute Gasteiger partial charge is 0.395 e. The van der Waals surface area contributed by atoms with Crippen LogP contribution in [0.5, 0.6) is 0 Å². The van der Waals surface area contributed by atoms with Crippen LogP contribution in [0.4, 0.5) is 0 Å². The molecule has 16 heavy (non-hydrogen) atoms. The number of halogens is 1. The van der Waals surface area contributed by atoms with Gasteiger partial charge < -0.3 is 5.11 Å². The molecule has 1 fully saturated rings. The van der Waals surface area contributed by atoms with Gasteiger partial charge >= 0.3 is 0 Å². The van der Waals surface area contributed by atoms with Gasteiger partial charge in [-0.05, 0) is 19.4 Å². The molecule has 0 aliphatic carbocycles. The Bertz CT molecular complexity index is 348. The van der Waals surface area contributed by atoms with Gasteiger partial charge in [0.05, 0.1) is 12.3 Å². The van der Waals surface area contributed by atoms with Gasteiger partial charge in [-0.1, -0.05) is 18.0 Å². The predicted molar refractivity (Wildman–Crippen MR) is 62.2 cm³/mol. The summed E-state index contributed by atoms with van der Waals surface area (Å²) in [6.07, 6.45) is 6.66. The zero-order valence-corrected chi connectivity index (χ0v) is 9.90. The van der Waals surface area contributed by atoms with Crippen LogP contribution in [0.1, 0.15) is 25.0 Å². The molecule has 0 saturated carbocycles. The van der Waals surface area contributed by atoms with E-state index in [1.165, 1.54) is 12.8 Å². The van der Waals surface area contributed by atoms with E-state index in [1.807, 2.05) is 0 Å². The van der Waals surface area contributed by atoms with Crippen LogP contribution in [-0.4, -0.2) is 39.2 Å². The molecule has 4 nitrogen and oxygen atoms in total. The fourth-order valence-electron chi connectivity index (χ4n) is 2.12. The van der Waals surface area contributed by atoms with Crippen LogP contribution >= 0.6 is 11.6 Å². The number of aromatic nitrogens is 2. The average Bonchev–Trinajstić information content (AvgIpc) is 2.33. The van der Waals surface area contributed by atoms with Gasteiger partial charge in [0.2, 0.25) is 0 Å². The lowest BCUT2D eigenvalue weighted by molar-refractivity contribution is 0.0830. The second-order valence-electron chi connectivity index (χ2n) is 4.10. The van der Waals surface area contributed by atoms with E-state index in [-0.39, 0.29) is 12.6 Å². The Labute approximate surface area is 100 Å². The fourth-order valence-corrected chi connectivity index (χ4v) is 2.29. The topological polar surface area (TPSA) is 49.2 Å². The molecule has 0 radical (unpaired) electrons. The lowest BCUT2D eigenvalue weighted by Gasteiger charge is -2.34. The van der Waals surface area contributed by atoms with Crippen LogP contribution < -0.4 is 0 Å². The average molecular weight is 242 g/mol. The highest BCUT2D eigenvalue weighted by Crippen LogP contribution is 2.20. The maximum absolute atomic E-state index is 9.30.